The predicted octanol–water partition coefficient (Wildman–Crippen LogP) is 2.44. The van der Waals surface area contributed by atoms with Crippen molar-refractivity contribution in [2.45, 2.75) is 25.7 Å². The first-order chi connectivity index (χ1) is 10.3. The summed E-state index contributed by atoms with van der Waals surface area (Å²) in [6.45, 7) is 0.704. The average molecular weight is 284 g/mol. The number of nitrogen functional groups attached to an aromatic ring is 1. The van der Waals surface area contributed by atoms with Gasteiger partial charge in [0, 0.05) is 11.9 Å². The molecule has 1 amide bonds. The molecule has 2 aromatic rings. The normalized spacial score (nSPS) is 14.1. The maximum absolute atomic E-state index is 12.2. The third kappa shape index (κ3) is 3.31. The number of anilines is 1. The summed E-state index contributed by atoms with van der Waals surface area (Å²) in [5.74, 6) is 6.29. The zero-order chi connectivity index (χ0) is 14.7. The highest BCUT2D eigenvalue weighted by Gasteiger charge is 2.20. The molecule has 5 nitrogen and oxygen atoms in total. The molecule has 1 aromatic heterocycles. The van der Waals surface area contributed by atoms with Crippen LogP contribution < -0.4 is 16.6 Å². The Balaban J connectivity index is 1.71. The second-order valence-electron chi connectivity index (χ2n) is 5.56. The number of rotatable bonds is 6. The van der Waals surface area contributed by atoms with E-state index in [2.05, 4.69) is 15.7 Å². The molecule has 0 spiro atoms. The number of nitrogens with two attached hydrogens (primary N) is 1. The highest BCUT2D eigenvalue weighted by molar-refractivity contribution is 5.99. The van der Waals surface area contributed by atoms with Crippen LogP contribution in [0.1, 0.15) is 36.2 Å². The first-order valence-corrected chi connectivity index (χ1v) is 7.42. The molecule has 1 aliphatic rings. The quantitative estimate of drug-likeness (QED) is 0.432. The minimum Gasteiger partial charge on any atom is -0.351 e. The van der Waals surface area contributed by atoms with Gasteiger partial charge in [-0.2, -0.15) is 0 Å². The van der Waals surface area contributed by atoms with Crippen molar-refractivity contribution in [3.05, 3.63) is 36.0 Å². The fourth-order valence-electron chi connectivity index (χ4n) is 2.50. The lowest BCUT2D eigenvalue weighted by Crippen LogP contribution is -2.25. The third-order valence-electron chi connectivity index (χ3n) is 3.88. The van der Waals surface area contributed by atoms with Crippen molar-refractivity contribution in [2.24, 2.45) is 11.8 Å². The van der Waals surface area contributed by atoms with Crippen LogP contribution in [-0.2, 0) is 0 Å². The number of benzene rings is 1. The van der Waals surface area contributed by atoms with E-state index in [1.165, 1.54) is 19.3 Å². The summed E-state index contributed by atoms with van der Waals surface area (Å²) in [6.07, 6.45) is 4.95. The van der Waals surface area contributed by atoms with Gasteiger partial charge < -0.3 is 10.7 Å². The molecule has 0 bridgehead atoms. The fraction of sp³-hybridized carbons (Fsp3) is 0.375. The van der Waals surface area contributed by atoms with Crippen LogP contribution in [-0.4, -0.2) is 17.4 Å². The Hall–Kier alpha value is -2.14. The number of nitrogens with one attached hydrogen (secondary N) is 2. The molecule has 3 rings (SSSR count). The largest absolute Gasteiger partial charge is 0.351 e. The van der Waals surface area contributed by atoms with E-state index in [9.17, 15) is 4.79 Å². The van der Waals surface area contributed by atoms with Gasteiger partial charge in [0.2, 0.25) is 0 Å². The van der Waals surface area contributed by atoms with Crippen LogP contribution >= 0.6 is 0 Å². The summed E-state index contributed by atoms with van der Waals surface area (Å²) in [6, 6.07) is 9.31. The first kappa shape index (κ1) is 13.8. The van der Waals surface area contributed by atoms with E-state index < -0.39 is 0 Å². The lowest BCUT2D eigenvalue weighted by atomic mass is 10.1. The lowest BCUT2D eigenvalue weighted by molar-refractivity contribution is 0.0948. The van der Waals surface area contributed by atoms with Gasteiger partial charge in [-0.1, -0.05) is 31.0 Å². The van der Waals surface area contributed by atoms with Gasteiger partial charge in [-0.15, -0.1) is 0 Å². The maximum atomic E-state index is 12.2. The van der Waals surface area contributed by atoms with Crippen molar-refractivity contribution in [3.8, 4) is 0 Å². The molecule has 5 heteroatoms. The summed E-state index contributed by atoms with van der Waals surface area (Å²) in [5.41, 5.74) is 4.50. The van der Waals surface area contributed by atoms with Crippen LogP contribution in [0.25, 0.3) is 10.9 Å². The van der Waals surface area contributed by atoms with E-state index in [0.29, 0.717) is 17.9 Å². The Morgan fingerprint density at radius 3 is 2.90 bits per heavy atom. The molecule has 1 fully saturated rings. The molecule has 1 aromatic carbocycles. The molecule has 1 saturated carbocycles. The van der Waals surface area contributed by atoms with E-state index in [1.54, 1.807) is 6.07 Å². The lowest BCUT2D eigenvalue weighted by Gasteiger charge is -2.09. The number of hydrogen-bond acceptors (Lipinski definition) is 4. The predicted molar refractivity (Wildman–Crippen MR) is 83.8 cm³/mol. The molecule has 0 radical (unpaired) electrons. The van der Waals surface area contributed by atoms with Gasteiger partial charge in [0.1, 0.15) is 5.69 Å². The first-order valence-electron chi connectivity index (χ1n) is 7.42. The van der Waals surface area contributed by atoms with Crippen molar-refractivity contribution >= 4 is 22.5 Å². The van der Waals surface area contributed by atoms with E-state index in [-0.39, 0.29) is 5.91 Å². The van der Waals surface area contributed by atoms with Gasteiger partial charge in [0.15, 0.2) is 0 Å². The standard InChI is InChI=1S/C16H20N4O/c17-20-14-10-15(19-13-6-2-1-5-12(13)14)16(21)18-9-3-4-11-7-8-11/h1-2,5-6,10-11H,3-4,7-9,17H2,(H,18,21)(H,19,20). The highest BCUT2D eigenvalue weighted by Crippen LogP contribution is 2.33. The fourth-order valence-corrected chi connectivity index (χ4v) is 2.50. The Bertz CT molecular complexity index is 652. The maximum Gasteiger partial charge on any atom is 0.269 e. The van der Waals surface area contributed by atoms with Crippen molar-refractivity contribution in [3.63, 3.8) is 0 Å². The molecule has 4 N–H and O–H groups in total. The van der Waals surface area contributed by atoms with Crippen LogP contribution in [0.2, 0.25) is 0 Å². The number of hydrogen-bond donors (Lipinski definition) is 3. The number of pyridine rings is 1. The molecule has 0 saturated heterocycles. The smallest absolute Gasteiger partial charge is 0.269 e. The number of amides is 1. The van der Waals surface area contributed by atoms with Gasteiger partial charge in [-0.3, -0.25) is 10.6 Å². The van der Waals surface area contributed by atoms with Crippen LogP contribution in [0.5, 0.6) is 0 Å². The molecular weight excluding hydrogens is 264 g/mol. The van der Waals surface area contributed by atoms with Crippen LogP contribution in [0.15, 0.2) is 30.3 Å². The van der Waals surface area contributed by atoms with Crippen LogP contribution in [0, 0.1) is 5.92 Å². The van der Waals surface area contributed by atoms with Crippen molar-refractivity contribution in [1.82, 2.24) is 10.3 Å². The Kier molecular flexibility index (Phi) is 4.01. The van der Waals surface area contributed by atoms with Gasteiger partial charge in [-0.25, -0.2) is 4.98 Å². The number of para-hydroxylation sites is 1. The van der Waals surface area contributed by atoms with Crippen molar-refractivity contribution in [1.29, 1.82) is 0 Å². The molecule has 0 unspecified atom stereocenters. The zero-order valence-corrected chi connectivity index (χ0v) is 11.9. The number of fused-ring (bicyclic) bond motifs is 1. The molecule has 1 aliphatic carbocycles. The summed E-state index contributed by atoms with van der Waals surface area (Å²) in [7, 11) is 0. The second kappa shape index (κ2) is 6.10. The Morgan fingerprint density at radius 2 is 2.14 bits per heavy atom. The minimum atomic E-state index is -0.145. The molecule has 1 heterocycles. The molecule has 0 atom stereocenters. The Labute approximate surface area is 123 Å². The van der Waals surface area contributed by atoms with Crippen molar-refractivity contribution in [2.75, 3.05) is 12.0 Å². The molecule has 21 heavy (non-hydrogen) atoms. The summed E-state index contributed by atoms with van der Waals surface area (Å²) in [4.78, 5) is 16.6. The highest BCUT2D eigenvalue weighted by atomic mass is 16.1. The molecule has 110 valence electrons. The average Bonchev–Trinajstić information content (AvgIpc) is 3.34. The van der Waals surface area contributed by atoms with Gasteiger partial charge >= 0.3 is 0 Å². The van der Waals surface area contributed by atoms with Crippen LogP contribution in [0.3, 0.4) is 0 Å². The zero-order valence-electron chi connectivity index (χ0n) is 11.9. The van der Waals surface area contributed by atoms with E-state index in [1.807, 2.05) is 24.3 Å². The summed E-state index contributed by atoms with van der Waals surface area (Å²) >= 11 is 0. The molecule has 0 aliphatic heterocycles. The monoisotopic (exact) mass is 284 g/mol. The van der Waals surface area contributed by atoms with Crippen molar-refractivity contribution < 1.29 is 4.79 Å². The Morgan fingerprint density at radius 1 is 1.33 bits per heavy atom. The SMILES string of the molecule is NNc1cc(C(=O)NCCCC2CC2)nc2ccccc12. The van der Waals surface area contributed by atoms with Gasteiger partial charge in [0.25, 0.3) is 5.91 Å². The minimum absolute atomic E-state index is 0.145. The van der Waals surface area contributed by atoms with Gasteiger partial charge in [0.05, 0.1) is 11.2 Å². The number of hydrazine groups is 1. The topological polar surface area (TPSA) is 80.0 Å². The van der Waals surface area contributed by atoms with Crippen LogP contribution in [0.4, 0.5) is 5.69 Å². The molecular formula is C16H20N4O. The number of nitrogens with zero attached hydrogens (tertiary/aromatic N) is 1. The number of carbonyl (C=O) groups is 1. The van der Waals surface area contributed by atoms with E-state index in [4.69, 9.17) is 5.84 Å². The van der Waals surface area contributed by atoms with E-state index >= 15 is 0 Å². The third-order valence-corrected chi connectivity index (χ3v) is 3.88. The second-order valence-corrected chi connectivity index (χ2v) is 5.56. The summed E-state index contributed by atoms with van der Waals surface area (Å²) in [5, 5.41) is 3.84. The van der Waals surface area contributed by atoms with E-state index in [0.717, 1.165) is 23.2 Å². The number of aromatic nitrogens is 1. The number of carbonyl (C=O) groups excluding carboxylic acids is 1. The summed E-state index contributed by atoms with van der Waals surface area (Å²) < 4.78 is 0. The van der Waals surface area contributed by atoms with Gasteiger partial charge in [-0.05, 0) is 30.9 Å².